The Morgan fingerprint density at radius 1 is 1.55 bits per heavy atom. The van der Waals surface area contributed by atoms with Crippen molar-refractivity contribution in [3.05, 3.63) is 12.2 Å². The van der Waals surface area contributed by atoms with E-state index >= 15 is 0 Å². The highest BCUT2D eigenvalue weighted by Gasteiger charge is 2.05. The fraction of sp³-hybridized carbons (Fsp3) is 0.778. The topological polar surface area (TPSA) is 21.3 Å². The highest BCUT2D eigenvalue weighted by molar-refractivity contribution is 5.01. The van der Waals surface area contributed by atoms with Crippen molar-refractivity contribution in [1.82, 2.24) is 5.32 Å². The number of likely N-dealkylation sites (N-methyl/N-ethyl adjacent to an activating group) is 1. The molecule has 0 aliphatic rings. The van der Waals surface area contributed by atoms with Gasteiger partial charge >= 0.3 is 0 Å². The van der Waals surface area contributed by atoms with E-state index in [9.17, 15) is 0 Å². The molecular formula is C9H19NO. The van der Waals surface area contributed by atoms with Crippen LogP contribution in [0.5, 0.6) is 0 Å². The van der Waals surface area contributed by atoms with Crippen LogP contribution in [0.2, 0.25) is 0 Å². The molecule has 0 heterocycles. The Labute approximate surface area is 69.6 Å². The first-order valence-corrected chi connectivity index (χ1v) is 4.18. The van der Waals surface area contributed by atoms with Crippen LogP contribution < -0.4 is 5.32 Å². The predicted octanol–water partition coefficient (Wildman–Crippen LogP) is 1.58. The maximum absolute atomic E-state index is 5.29. The van der Waals surface area contributed by atoms with Gasteiger partial charge in [0.2, 0.25) is 0 Å². The first-order chi connectivity index (χ1) is 5.22. The van der Waals surface area contributed by atoms with Crippen molar-refractivity contribution in [3.8, 4) is 0 Å². The minimum Gasteiger partial charge on any atom is -0.380 e. The molecular weight excluding hydrogens is 138 g/mol. The van der Waals surface area contributed by atoms with E-state index in [1.807, 2.05) is 13.8 Å². The summed E-state index contributed by atoms with van der Waals surface area (Å²) >= 11 is 0. The third-order valence-electron chi connectivity index (χ3n) is 1.53. The average Bonchev–Trinajstić information content (AvgIpc) is 1.97. The van der Waals surface area contributed by atoms with E-state index in [2.05, 4.69) is 18.8 Å². The molecule has 1 N–H and O–H groups in total. The number of ether oxygens (including phenoxy) is 1. The molecule has 0 aliphatic carbocycles. The summed E-state index contributed by atoms with van der Waals surface area (Å²) in [6.07, 6.45) is 0. The van der Waals surface area contributed by atoms with Crippen molar-refractivity contribution in [2.24, 2.45) is 0 Å². The Kier molecular flexibility index (Phi) is 6.18. The summed E-state index contributed by atoms with van der Waals surface area (Å²) in [5, 5.41) is 3.29. The molecule has 0 rings (SSSR count). The lowest BCUT2D eigenvalue weighted by atomic mass is 10.1. The van der Waals surface area contributed by atoms with Crippen LogP contribution in [0.15, 0.2) is 12.2 Å². The van der Waals surface area contributed by atoms with E-state index in [1.165, 1.54) is 0 Å². The van der Waals surface area contributed by atoms with Gasteiger partial charge in [0.05, 0.1) is 12.6 Å². The lowest BCUT2D eigenvalue weighted by Crippen LogP contribution is -2.34. The molecule has 0 aromatic rings. The van der Waals surface area contributed by atoms with Gasteiger partial charge in [0, 0.05) is 6.61 Å². The molecule has 2 nitrogen and oxygen atoms in total. The summed E-state index contributed by atoms with van der Waals surface area (Å²) in [5.74, 6) is 0. The summed E-state index contributed by atoms with van der Waals surface area (Å²) in [4.78, 5) is 0. The molecule has 0 saturated heterocycles. The highest BCUT2D eigenvalue weighted by Crippen LogP contribution is 1.97. The quantitative estimate of drug-likeness (QED) is 0.591. The smallest absolute Gasteiger partial charge is 0.0657 e. The largest absolute Gasteiger partial charge is 0.380 e. The Bertz CT molecular complexity index is 112. The maximum atomic E-state index is 5.29. The minimum absolute atomic E-state index is 0.319. The van der Waals surface area contributed by atoms with Gasteiger partial charge in [-0.2, -0.15) is 0 Å². The van der Waals surface area contributed by atoms with Gasteiger partial charge in [-0.15, -0.1) is 0 Å². The fourth-order valence-corrected chi connectivity index (χ4v) is 0.858. The standard InChI is InChI=1S/C9H19NO/c1-5-10-9(8(3)4)7-11-6-2/h9-10H,3,5-7H2,1-2,4H3. The number of nitrogens with one attached hydrogen (secondary N) is 1. The molecule has 2 heteroatoms. The van der Waals surface area contributed by atoms with Crippen LogP contribution in [-0.2, 0) is 4.74 Å². The predicted molar refractivity (Wildman–Crippen MR) is 48.8 cm³/mol. The molecule has 1 atom stereocenters. The van der Waals surface area contributed by atoms with Crippen molar-refractivity contribution >= 4 is 0 Å². The van der Waals surface area contributed by atoms with Gasteiger partial charge in [-0.25, -0.2) is 0 Å². The summed E-state index contributed by atoms with van der Waals surface area (Å²) in [7, 11) is 0. The molecule has 0 bridgehead atoms. The highest BCUT2D eigenvalue weighted by atomic mass is 16.5. The van der Waals surface area contributed by atoms with Crippen LogP contribution in [0.3, 0.4) is 0 Å². The monoisotopic (exact) mass is 157 g/mol. The van der Waals surface area contributed by atoms with Crippen molar-refractivity contribution in [2.75, 3.05) is 19.8 Å². The number of hydrogen-bond donors (Lipinski definition) is 1. The van der Waals surface area contributed by atoms with Gasteiger partial charge in [0.25, 0.3) is 0 Å². The van der Waals surface area contributed by atoms with Crippen LogP contribution in [0, 0.1) is 0 Å². The van der Waals surface area contributed by atoms with Gasteiger partial charge in [0.15, 0.2) is 0 Å². The van der Waals surface area contributed by atoms with Crippen molar-refractivity contribution < 1.29 is 4.74 Å². The number of hydrogen-bond acceptors (Lipinski definition) is 2. The molecule has 0 aliphatic heterocycles. The second kappa shape index (κ2) is 6.38. The molecule has 0 fully saturated rings. The van der Waals surface area contributed by atoms with E-state index in [0.29, 0.717) is 6.04 Å². The second-order valence-corrected chi connectivity index (χ2v) is 2.62. The average molecular weight is 157 g/mol. The Morgan fingerprint density at radius 2 is 2.18 bits per heavy atom. The first-order valence-electron chi connectivity index (χ1n) is 4.18. The van der Waals surface area contributed by atoms with Crippen molar-refractivity contribution in [2.45, 2.75) is 26.8 Å². The molecule has 0 aromatic heterocycles. The Morgan fingerprint density at radius 3 is 2.55 bits per heavy atom. The molecule has 1 unspecified atom stereocenters. The van der Waals surface area contributed by atoms with Gasteiger partial charge in [-0.05, 0) is 20.4 Å². The minimum atomic E-state index is 0.319. The zero-order chi connectivity index (χ0) is 8.69. The van der Waals surface area contributed by atoms with Crippen LogP contribution in [0.4, 0.5) is 0 Å². The van der Waals surface area contributed by atoms with E-state index in [0.717, 1.165) is 25.3 Å². The molecule has 11 heavy (non-hydrogen) atoms. The lowest BCUT2D eigenvalue weighted by molar-refractivity contribution is 0.132. The normalized spacial score (nSPS) is 13.0. The maximum Gasteiger partial charge on any atom is 0.0657 e. The van der Waals surface area contributed by atoms with E-state index in [-0.39, 0.29) is 0 Å². The van der Waals surface area contributed by atoms with E-state index in [4.69, 9.17) is 4.74 Å². The van der Waals surface area contributed by atoms with Crippen LogP contribution in [-0.4, -0.2) is 25.8 Å². The molecule has 0 aromatic carbocycles. The summed E-state index contributed by atoms with van der Waals surface area (Å²) < 4.78 is 5.29. The summed E-state index contributed by atoms with van der Waals surface area (Å²) in [6, 6.07) is 0.319. The zero-order valence-corrected chi connectivity index (χ0v) is 7.81. The first kappa shape index (κ1) is 10.7. The Balaban J connectivity index is 3.60. The van der Waals surface area contributed by atoms with Crippen molar-refractivity contribution in [3.63, 3.8) is 0 Å². The van der Waals surface area contributed by atoms with Gasteiger partial charge in [-0.1, -0.05) is 19.1 Å². The molecule has 0 radical (unpaired) electrons. The fourth-order valence-electron chi connectivity index (χ4n) is 0.858. The van der Waals surface area contributed by atoms with Crippen LogP contribution in [0.25, 0.3) is 0 Å². The van der Waals surface area contributed by atoms with Crippen molar-refractivity contribution in [1.29, 1.82) is 0 Å². The van der Waals surface area contributed by atoms with Gasteiger partial charge in [0.1, 0.15) is 0 Å². The van der Waals surface area contributed by atoms with E-state index < -0.39 is 0 Å². The van der Waals surface area contributed by atoms with Gasteiger partial charge < -0.3 is 10.1 Å². The summed E-state index contributed by atoms with van der Waals surface area (Å²) in [5.41, 5.74) is 1.14. The van der Waals surface area contributed by atoms with E-state index in [1.54, 1.807) is 0 Å². The Hall–Kier alpha value is -0.340. The zero-order valence-electron chi connectivity index (χ0n) is 7.81. The van der Waals surface area contributed by atoms with Crippen LogP contribution >= 0.6 is 0 Å². The number of rotatable bonds is 6. The second-order valence-electron chi connectivity index (χ2n) is 2.62. The molecule has 0 amide bonds. The van der Waals surface area contributed by atoms with Gasteiger partial charge in [-0.3, -0.25) is 0 Å². The SMILES string of the molecule is C=C(C)C(COCC)NCC. The third kappa shape index (κ3) is 4.99. The summed E-state index contributed by atoms with van der Waals surface area (Å²) in [6.45, 7) is 12.5. The molecule has 66 valence electrons. The molecule has 0 spiro atoms. The lowest BCUT2D eigenvalue weighted by Gasteiger charge is -2.17. The molecule has 0 saturated carbocycles. The third-order valence-corrected chi connectivity index (χ3v) is 1.53. The van der Waals surface area contributed by atoms with Crippen LogP contribution in [0.1, 0.15) is 20.8 Å².